The van der Waals surface area contributed by atoms with Crippen molar-refractivity contribution >= 4 is 47.8 Å². The van der Waals surface area contributed by atoms with E-state index in [1.54, 1.807) is 24.3 Å². The van der Waals surface area contributed by atoms with Gasteiger partial charge in [0.05, 0.1) is 0 Å². The van der Waals surface area contributed by atoms with Crippen LogP contribution in [-0.2, 0) is 0 Å². The number of rotatable bonds is 4. The molecular formula is C24H20O4Se2. The van der Waals surface area contributed by atoms with E-state index in [-0.39, 0.29) is 52.9 Å². The maximum absolute atomic E-state index is 9.61. The molecule has 0 radical (unpaired) electrons. The third-order valence-electron chi connectivity index (χ3n) is 3.83. The van der Waals surface area contributed by atoms with Crippen LogP contribution in [0.1, 0.15) is 0 Å². The van der Waals surface area contributed by atoms with Crippen molar-refractivity contribution in [3.05, 3.63) is 97.1 Å². The first-order valence-electron chi connectivity index (χ1n) is 9.01. The van der Waals surface area contributed by atoms with Crippen LogP contribution in [0.25, 0.3) is 0 Å². The van der Waals surface area contributed by atoms with E-state index in [9.17, 15) is 10.2 Å². The summed E-state index contributed by atoms with van der Waals surface area (Å²) in [5.41, 5.74) is 0. The fraction of sp³-hybridized carbons (Fsp3) is 0. The zero-order valence-electron chi connectivity index (χ0n) is 15.8. The van der Waals surface area contributed by atoms with Gasteiger partial charge in [0, 0.05) is 0 Å². The SMILES string of the molecule is Oc1ccc([Se]c2ccccc2)c(O)c1.Oc1ccc([Se]c2ccccc2)c(O)c1. The summed E-state index contributed by atoms with van der Waals surface area (Å²) < 4.78 is 4.16. The van der Waals surface area contributed by atoms with Crippen molar-refractivity contribution in [2.24, 2.45) is 0 Å². The van der Waals surface area contributed by atoms with Gasteiger partial charge in [-0.3, -0.25) is 0 Å². The number of phenols is 4. The molecule has 0 aliphatic rings. The average molecular weight is 530 g/mol. The Kier molecular flexibility index (Phi) is 7.83. The van der Waals surface area contributed by atoms with Crippen LogP contribution in [0, 0.1) is 0 Å². The number of benzene rings is 4. The van der Waals surface area contributed by atoms with Crippen LogP contribution in [0.5, 0.6) is 23.0 Å². The third kappa shape index (κ3) is 6.58. The Morgan fingerprint density at radius 2 is 0.800 bits per heavy atom. The van der Waals surface area contributed by atoms with Crippen LogP contribution in [-0.4, -0.2) is 50.3 Å². The molecule has 4 aromatic rings. The van der Waals surface area contributed by atoms with Gasteiger partial charge in [0.25, 0.3) is 0 Å². The van der Waals surface area contributed by atoms with Gasteiger partial charge in [-0.15, -0.1) is 0 Å². The molecule has 0 aliphatic carbocycles. The normalized spacial score (nSPS) is 10.1. The van der Waals surface area contributed by atoms with Gasteiger partial charge in [0.1, 0.15) is 0 Å². The van der Waals surface area contributed by atoms with Gasteiger partial charge in [-0.25, -0.2) is 0 Å². The molecule has 0 saturated heterocycles. The fourth-order valence-corrected chi connectivity index (χ4v) is 5.97. The summed E-state index contributed by atoms with van der Waals surface area (Å²) in [6.45, 7) is 0. The molecule has 0 spiro atoms. The van der Waals surface area contributed by atoms with Gasteiger partial charge >= 0.3 is 188 Å². The number of aromatic hydroxyl groups is 4. The third-order valence-corrected chi connectivity index (χ3v) is 8.33. The Morgan fingerprint density at radius 3 is 1.13 bits per heavy atom. The van der Waals surface area contributed by atoms with Crippen LogP contribution in [0.15, 0.2) is 97.1 Å². The van der Waals surface area contributed by atoms with Crippen LogP contribution < -0.4 is 17.8 Å². The molecule has 0 fully saturated rings. The van der Waals surface area contributed by atoms with Crippen LogP contribution in [0.3, 0.4) is 0 Å². The molecule has 4 rings (SSSR count). The summed E-state index contributed by atoms with van der Waals surface area (Å²) in [5, 5.41) is 37.5. The second-order valence-electron chi connectivity index (χ2n) is 6.13. The topological polar surface area (TPSA) is 80.9 Å². The van der Waals surface area contributed by atoms with Gasteiger partial charge in [-0.05, 0) is 0 Å². The van der Waals surface area contributed by atoms with Crippen LogP contribution in [0.4, 0.5) is 0 Å². The average Bonchev–Trinajstić information content (AvgIpc) is 2.74. The van der Waals surface area contributed by atoms with E-state index < -0.39 is 0 Å². The molecule has 0 aliphatic heterocycles. The van der Waals surface area contributed by atoms with Gasteiger partial charge in [0.2, 0.25) is 0 Å². The summed E-state index contributed by atoms with van der Waals surface area (Å²) in [7, 11) is 0. The van der Waals surface area contributed by atoms with E-state index >= 15 is 0 Å². The summed E-state index contributed by atoms with van der Waals surface area (Å²) in [5.74, 6) is 0.526. The molecule has 0 aromatic heterocycles. The Labute approximate surface area is 187 Å². The van der Waals surface area contributed by atoms with Gasteiger partial charge in [-0.2, -0.15) is 0 Å². The Morgan fingerprint density at radius 1 is 0.433 bits per heavy atom. The van der Waals surface area contributed by atoms with Crippen molar-refractivity contribution < 1.29 is 20.4 Å². The molecule has 4 N–H and O–H groups in total. The van der Waals surface area contributed by atoms with Crippen molar-refractivity contribution in [2.75, 3.05) is 0 Å². The molecule has 6 heteroatoms. The standard InChI is InChI=1S/2C12H10O2Se/c2*13-9-6-7-12(11(14)8-9)15-10-4-2-1-3-5-10/h2*1-8,13-14H. The second-order valence-corrected chi connectivity index (χ2v) is 10.8. The number of hydrogen-bond donors (Lipinski definition) is 4. The first-order chi connectivity index (χ1) is 14.5. The zero-order chi connectivity index (χ0) is 21.3. The van der Waals surface area contributed by atoms with Crippen molar-refractivity contribution in [3.63, 3.8) is 0 Å². The molecule has 4 nitrogen and oxygen atoms in total. The van der Waals surface area contributed by atoms with E-state index in [0.29, 0.717) is 0 Å². The number of phenolic OH excluding ortho intramolecular Hbond substituents is 4. The van der Waals surface area contributed by atoms with Crippen molar-refractivity contribution in [1.82, 2.24) is 0 Å². The van der Waals surface area contributed by atoms with Crippen LogP contribution >= 0.6 is 0 Å². The summed E-state index contributed by atoms with van der Waals surface area (Å²) in [6, 6.07) is 29.5. The monoisotopic (exact) mass is 532 g/mol. The Balaban J connectivity index is 0.000000171. The Bertz CT molecular complexity index is 998. The predicted octanol–water partition coefficient (Wildman–Crippen LogP) is 1.51. The van der Waals surface area contributed by atoms with Gasteiger partial charge in [0.15, 0.2) is 0 Å². The quantitative estimate of drug-likeness (QED) is 0.302. The van der Waals surface area contributed by atoms with E-state index in [2.05, 4.69) is 0 Å². The van der Waals surface area contributed by atoms with Crippen LogP contribution in [0.2, 0.25) is 0 Å². The molecular weight excluding hydrogens is 510 g/mol. The minimum atomic E-state index is 0.0824. The summed E-state index contributed by atoms with van der Waals surface area (Å²) in [6.07, 6.45) is 0. The Hall–Kier alpha value is -2.88. The molecule has 0 amide bonds. The molecule has 152 valence electrons. The molecule has 0 unspecified atom stereocenters. The van der Waals surface area contributed by atoms with E-state index in [0.717, 1.165) is 8.92 Å². The zero-order valence-corrected chi connectivity index (χ0v) is 19.3. The van der Waals surface area contributed by atoms with Gasteiger partial charge < -0.3 is 0 Å². The molecule has 30 heavy (non-hydrogen) atoms. The summed E-state index contributed by atoms with van der Waals surface area (Å²) >= 11 is 0.165. The van der Waals surface area contributed by atoms with Crippen molar-refractivity contribution in [1.29, 1.82) is 0 Å². The summed E-state index contributed by atoms with van der Waals surface area (Å²) in [4.78, 5) is 0. The molecule has 0 bridgehead atoms. The molecule has 0 heterocycles. The molecule has 0 atom stereocenters. The van der Waals surface area contributed by atoms with Crippen molar-refractivity contribution in [3.8, 4) is 23.0 Å². The predicted molar refractivity (Wildman–Crippen MR) is 122 cm³/mol. The van der Waals surface area contributed by atoms with E-state index in [1.807, 2.05) is 60.7 Å². The number of hydrogen-bond acceptors (Lipinski definition) is 4. The minimum absolute atomic E-state index is 0.0824. The first-order valence-corrected chi connectivity index (χ1v) is 12.4. The molecule has 4 aromatic carbocycles. The van der Waals surface area contributed by atoms with E-state index in [1.165, 1.54) is 21.1 Å². The van der Waals surface area contributed by atoms with E-state index in [4.69, 9.17) is 10.2 Å². The molecule has 0 saturated carbocycles. The van der Waals surface area contributed by atoms with Crippen molar-refractivity contribution in [2.45, 2.75) is 0 Å². The maximum atomic E-state index is 9.61. The van der Waals surface area contributed by atoms with Gasteiger partial charge in [-0.1, -0.05) is 0 Å². The fourth-order valence-electron chi connectivity index (χ4n) is 2.42. The first kappa shape index (κ1) is 21.8. The second kappa shape index (κ2) is 10.8.